The van der Waals surface area contributed by atoms with E-state index in [1.165, 1.54) is 10.7 Å². The summed E-state index contributed by atoms with van der Waals surface area (Å²) < 4.78 is 26.5. The van der Waals surface area contributed by atoms with E-state index in [1.54, 1.807) is 30.0 Å². The number of amides is 2. The Balaban J connectivity index is 1.73. The first-order valence-electron chi connectivity index (χ1n) is 13.3. The third-order valence-corrected chi connectivity index (χ3v) is 8.60. The van der Waals surface area contributed by atoms with E-state index in [9.17, 15) is 18.0 Å². The summed E-state index contributed by atoms with van der Waals surface area (Å²) in [5.74, 6) is -0.335. The number of sulfonamides is 1. The van der Waals surface area contributed by atoms with Crippen molar-refractivity contribution in [3.8, 4) is 0 Å². The van der Waals surface area contributed by atoms with Crippen molar-refractivity contribution in [3.63, 3.8) is 0 Å². The van der Waals surface area contributed by atoms with Gasteiger partial charge in [-0.05, 0) is 63.3 Å². The van der Waals surface area contributed by atoms with E-state index in [0.29, 0.717) is 23.7 Å². The van der Waals surface area contributed by atoms with Crippen LogP contribution in [-0.4, -0.2) is 50.0 Å². The summed E-state index contributed by atoms with van der Waals surface area (Å²) >= 11 is 6.14. The third-order valence-electron chi connectivity index (χ3n) is 7.18. The number of carbonyl (C=O) groups is 2. The van der Waals surface area contributed by atoms with Crippen molar-refractivity contribution in [2.24, 2.45) is 0 Å². The molecular formula is C29H40ClN3O4S. The molecule has 0 aromatic heterocycles. The van der Waals surface area contributed by atoms with Gasteiger partial charge in [-0.2, -0.15) is 0 Å². The van der Waals surface area contributed by atoms with Gasteiger partial charge in [-0.3, -0.25) is 13.9 Å². The van der Waals surface area contributed by atoms with Crippen LogP contribution in [0.1, 0.15) is 68.6 Å². The summed E-state index contributed by atoms with van der Waals surface area (Å²) in [7, 11) is -3.59. The molecule has 1 atom stereocenters. The molecule has 2 aromatic carbocycles. The fraction of sp³-hybridized carbons (Fsp3) is 0.517. The van der Waals surface area contributed by atoms with Crippen LogP contribution in [0.4, 0.5) is 5.69 Å². The molecule has 1 fully saturated rings. The van der Waals surface area contributed by atoms with Crippen LogP contribution in [-0.2, 0) is 26.2 Å². The molecule has 9 heteroatoms. The summed E-state index contributed by atoms with van der Waals surface area (Å²) in [6.07, 6.45) is 6.90. The average molecular weight is 562 g/mol. The molecule has 1 aliphatic carbocycles. The summed E-state index contributed by atoms with van der Waals surface area (Å²) in [6.45, 7) is 6.03. The van der Waals surface area contributed by atoms with E-state index < -0.39 is 16.1 Å². The monoisotopic (exact) mass is 561 g/mol. The zero-order valence-corrected chi connectivity index (χ0v) is 24.4. The highest BCUT2D eigenvalue weighted by Crippen LogP contribution is 2.27. The largest absolute Gasteiger partial charge is 0.352 e. The molecule has 0 heterocycles. The molecule has 1 saturated carbocycles. The number of nitrogens with one attached hydrogen (secondary N) is 1. The fourth-order valence-electron chi connectivity index (χ4n) is 4.88. The maximum atomic E-state index is 13.5. The van der Waals surface area contributed by atoms with Crippen LogP contribution in [0.15, 0.2) is 42.5 Å². The number of halogens is 1. The van der Waals surface area contributed by atoms with Gasteiger partial charge in [0.2, 0.25) is 21.8 Å². The van der Waals surface area contributed by atoms with Gasteiger partial charge in [0.15, 0.2) is 0 Å². The van der Waals surface area contributed by atoms with E-state index in [4.69, 9.17) is 11.6 Å². The normalized spacial score (nSPS) is 15.1. The van der Waals surface area contributed by atoms with Crippen molar-refractivity contribution in [1.82, 2.24) is 10.2 Å². The van der Waals surface area contributed by atoms with Crippen LogP contribution < -0.4 is 9.62 Å². The first kappa shape index (κ1) is 30.0. The molecule has 0 bridgehead atoms. The quantitative estimate of drug-likeness (QED) is 0.399. The second kappa shape index (κ2) is 13.5. The second-order valence-electron chi connectivity index (χ2n) is 10.4. The molecule has 0 saturated heterocycles. The molecular weight excluding hydrogens is 522 g/mol. The summed E-state index contributed by atoms with van der Waals surface area (Å²) in [5, 5.41) is 3.59. The van der Waals surface area contributed by atoms with Crippen LogP contribution in [0.5, 0.6) is 0 Å². The van der Waals surface area contributed by atoms with Crippen LogP contribution in [0, 0.1) is 13.8 Å². The Morgan fingerprint density at radius 3 is 2.34 bits per heavy atom. The van der Waals surface area contributed by atoms with E-state index in [-0.39, 0.29) is 30.8 Å². The maximum Gasteiger partial charge on any atom is 0.242 e. The minimum absolute atomic E-state index is 0.110. The lowest BCUT2D eigenvalue weighted by atomic mass is 9.95. The number of anilines is 1. The first-order chi connectivity index (χ1) is 18.0. The molecule has 0 spiro atoms. The van der Waals surface area contributed by atoms with Gasteiger partial charge in [-0.25, -0.2) is 8.42 Å². The average Bonchev–Trinajstić information content (AvgIpc) is 2.87. The predicted octanol–water partition coefficient (Wildman–Crippen LogP) is 5.37. The molecule has 2 aromatic rings. The van der Waals surface area contributed by atoms with Gasteiger partial charge >= 0.3 is 0 Å². The zero-order chi connectivity index (χ0) is 27.9. The summed E-state index contributed by atoms with van der Waals surface area (Å²) in [4.78, 5) is 28.3. The van der Waals surface area contributed by atoms with Crippen molar-refractivity contribution in [1.29, 1.82) is 0 Å². The Kier molecular flexibility index (Phi) is 10.6. The van der Waals surface area contributed by atoms with Gasteiger partial charge in [0.25, 0.3) is 0 Å². The SMILES string of the molecule is Cc1ccc(CN(C(=O)CCCN(c2cc(Cl)ccc2C)S(C)(=O)=O)[C@@H](C)C(=O)NC2CCCCC2)cc1. The third kappa shape index (κ3) is 8.46. The van der Waals surface area contributed by atoms with Crippen molar-refractivity contribution < 1.29 is 18.0 Å². The van der Waals surface area contributed by atoms with Gasteiger partial charge in [0.1, 0.15) is 6.04 Å². The van der Waals surface area contributed by atoms with Crippen molar-refractivity contribution in [3.05, 3.63) is 64.2 Å². The van der Waals surface area contributed by atoms with Crippen LogP contribution >= 0.6 is 11.6 Å². The van der Waals surface area contributed by atoms with E-state index in [2.05, 4.69) is 5.32 Å². The van der Waals surface area contributed by atoms with Gasteiger partial charge in [-0.1, -0.05) is 66.8 Å². The smallest absolute Gasteiger partial charge is 0.242 e. The molecule has 208 valence electrons. The highest BCUT2D eigenvalue weighted by Gasteiger charge is 2.28. The van der Waals surface area contributed by atoms with E-state index in [0.717, 1.165) is 48.6 Å². The van der Waals surface area contributed by atoms with E-state index in [1.807, 2.05) is 38.1 Å². The summed E-state index contributed by atoms with van der Waals surface area (Å²) in [6, 6.07) is 12.5. The van der Waals surface area contributed by atoms with Crippen LogP contribution in [0.2, 0.25) is 5.02 Å². The van der Waals surface area contributed by atoms with E-state index >= 15 is 0 Å². The first-order valence-corrected chi connectivity index (χ1v) is 15.6. The molecule has 7 nitrogen and oxygen atoms in total. The lowest BCUT2D eigenvalue weighted by Crippen LogP contribution is -2.50. The highest BCUT2D eigenvalue weighted by molar-refractivity contribution is 7.92. The number of hydrogen-bond donors (Lipinski definition) is 1. The Morgan fingerprint density at radius 1 is 1.05 bits per heavy atom. The molecule has 3 rings (SSSR count). The van der Waals surface area contributed by atoms with Gasteiger partial charge in [0, 0.05) is 30.6 Å². The fourth-order valence-corrected chi connectivity index (χ4v) is 6.06. The minimum Gasteiger partial charge on any atom is -0.352 e. The van der Waals surface area contributed by atoms with Gasteiger partial charge in [0.05, 0.1) is 11.9 Å². The number of rotatable bonds is 11. The van der Waals surface area contributed by atoms with Gasteiger partial charge in [-0.15, -0.1) is 0 Å². The predicted molar refractivity (Wildman–Crippen MR) is 154 cm³/mol. The number of aryl methyl sites for hydroxylation is 2. The molecule has 1 N–H and O–H groups in total. The number of carbonyl (C=O) groups excluding carboxylic acids is 2. The van der Waals surface area contributed by atoms with Crippen molar-refractivity contribution >= 4 is 39.1 Å². The maximum absolute atomic E-state index is 13.5. The molecule has 0 aliphatic heterocycles. The Hall–Kier alpha value is -2.58. The molecule has 0 radical (unpaired) electrons. The second-order valence-corrected chi connectivity index (χ2v) is 12.7. The lowest BCUT2D eigenvalue weighted by Gasteiger charge is -2.31. The number of nitrogens with zero attached hydrogens (tertiary/aromatic N) is 2. The van der Waals surface area contributed by atoms with Crippen LogP contribution in [0.3, 0.4) is 0 Å². The Bertz CT molecular complexity index is 1210. The topological polar surface area (TPSA) is 86.8 Å². The Morgan fingerprint density at radius 2 is 1.71 bits per heavy atom. The minimum atomic E-state index is -3.59. The molecule has 0 unspecified atom stereocenters. The Labute approximate surface area is 232 Å². The highest BCUT2D eigenvalue weighted by atomic mass is 35.5. The summed E-state index contributed by atoms with van der Waals surface area (Å²) in [5.41, 5.74) is 3.34. The molecule has 2 amide bonds. The lowest BCUT2D eigenvalue weighted by molar-refractivity contribution is -0.141. The number of hydrogen-bond acceptors (Lipinski definition) is 4. The zero-order valence-electron chi connectivity index (χ0n) is 22.9. The molecule has 1 aliphatic rings. The van der Waals surface area contributed by atoms with Crippen molar-refractivity contribution in [2.45, 2.75) is 84.3 Å². The molecule has 38 heavy (non-hydrogen) atoms. The standard InChI is InChI=1S/C29H40ClN3O4S/c1-21-12-15-24(16-13-21)20-32(23(3)29(35)31-26-9-6-5-7-10-26)28(34)11-8-18-33(38(4,36)37)27-19-25(30)17-14-22(27)2/h12-17,19,23,26H,5-11,18,20H2,1-4H3,(H,31,35)/t23-/m0/s1. The van der Waals surface area contributed by atoms with Gasteiger partial charge < -0.3 is 10.2 Å². The van der Waals surface area contributed by atoms with Crippen LogP contribution in [0.25, 0.3) is 0 Å². The number of benzene rings is 2. The van der Waals surface area contributed by atoms with Crippen molar-refractivity contribution in [2.75, 3.05) is 17.1 Å².